The normalized spacial score (nSPS) is 10.6. The van der Waals surface area contributed by atoms with E-state index in [-0.39, 0.29) is 5.75 Å². The zero-order valence-electron chi connectivity index (χ0n) is 12.7. The van der Waals surface area contributed by atoms with Gasteiger partial charge in [-0.2, -0.15) is 5.26 Å². The molecule has 0 aliphatic carbocycles. The van der Waals surface area contributed by atoms with Gasteiger partial charge in [-0.3, -0.25) is 4.40 Å². The molecular formula is C20H13N3O. The van der Waals surface area contributed by atoms with Crippen LogP contribution in [-0.4, -0.2) is 14.5 Å². The minimum absolute atomic E-state index is 0.193. The van der Waals surface area contributed by atoms with Gasteiger partial charge < -0.3 is 5.11 Å². The van der Waals surface area contributed by atoms with Gasteiger partial charge in [0.25, 0.3) is 0 Å². The maximum Gasteiger partial charge on any atom is 0.145 e. The van der Waals surface area contributed by atoms with Crippen LogP contribution in [-0.2, 0) is 0 Å². The lowest BCUT2D eigenvalue weighted by Gasteiger charge is -2.01. The smallest absolute Gasteiger partial charge is 0.145 e. The second-order valence-electron chi connectivity index (χ2n) is 5.45. The Morgan fingerprint density at radius 3 is 2.62 bits per heavy atom. The van der Waals surface area contributed by atoms with E-state index in [2.05, 4.69) is 6.07 Å². The number of pyridine rings is 1. The second-order valence-corrected chi connectivity index (χ2v) is 5.45. The highest BCUT2D eigenvalue weighted by Crippen LogP contribution is 2.34. The molecule has 114 valence electrons. The van der Waals surface area contributed by atoms with Gasteiger partial charge in [-0.1, -0.05) is 30.3 Å². The van der Waals surface area contributed by atoms with Crippen LogP contribution in [0.3, 0.4) is 0 Å². The predicted octanol–water partition coefficient (Wildman–Crippen LogP) is 4.25. The Kier molecular flexibility index (Phi) is 3.25. The molecule has 4 nitrogen and oxygen atoms in total. The lowest BCUT2D eigenvalue weighted by Crippen LogP contribution is -1.88. The second kappa shape index (κ2) is 5.56. The number of hydrogen-bond acceptors (Lipinski definition) is 3. The molecule has 0 aliphatic heterocycles. The van der Waals surface area contributed by atoms with E-state index in [0.29, 0.717) is 16.8 Å². The Bertz CT molecular complexity index is 1090. The molecule has 4 aromatic rings. The van der Waals surface area contributed by atoms with Crippen molar-refractivity contribution in [2.45, 2.75) is 0 Å². The number of phenols is 1. The first-order valence-electron chi connectivity index (χ1n) is 7.54. The van der Waals surface area contributed by atoms with Crippen LogP contribution < -0.4 is 0 Å². The molecule has 2 aromatic heterocycles. The van der Waals surface area contributed by atoms with Gasteiger partial charge in [-0.05, 0) is 36.4 Å². The Labute approximate surface area is 138 Å². The molecule has 0 spiro atoms. The summed E-state index contributed by atoms with van der Waals surface area (Å²) < 4.78 is 1.97. The Morgan fingerprint density at radius 1 is 0.958 bits per heavy atom. The highest BCUT2D eigenvalue weighted by atomic mass is 16.3. The quantitative estimate of drug-likeness (QED) is 0.602. The molecule has 2 heterocycles. The fraction of sp³-hybridized carbons (Fsp3) is 0. The monoisotopic (exact) mass is 311 g/mol. The number of imidazole rings is 1. The molecule has 4 heteroatoms. The van der Waals surface area contributed by atoms with Gasteiger partial charge >= 0.3 is 0 Å². The number of fused-ring (bicyclic) bond motifs is 1. The van der Waals surface area contributed by atoms with Crippen molar-refractivity contribution in [3.8, 4) is 34.5 Å². The van der Waals surface area contributed by atoms with Crippen LogP contribution in [0.2, 0.25) is 0 Å². The minimum atomic E-state index is 0.193. The van der Waals surface area contributed by atoms with Gasteiger partial charge in [-0.25, -0.2) is 4.98 Å². The molecular weight excluding hydrogens is 298 g/mol. The molecule has 4 rings (SSSR count). The Hall–Kier alpha value is -3.58. The van der Waals surface area contributed by atoms with E-state index in [0.717, 1.165) is 16.9 Å². The van der Waals surface area contributed by atoms with Gasteiger partial charge in [0.2, 0.25) is 0 Å². The van der Waals surface area contributed by atoms with Crippen LogP contribution in [0.5, 0.6) is 5.75 Å². The Balaban J connectivity index is 2.02. The third kappa shape index (κ3) is 2.20. The lowest BCUT2D eigenvalue weighted by atomic mass is 10.1. The number of phenolic OH excluding ortho intramolecular Hbond substituents is 1. The maximum atomic E-state index is 10.2. The third-order valence-corrected chi connectivity index (χ3v) is 3.96. The summed E-state index contributed by atoms with van der Waals surface area (Å²) in [5.41, 5.74) is 3.74. The van der Waals surface area contributed by atoms with Crippen molar-refractivity contribution < 1.29 is 5.11 Å². The number of rotatable bonds is 2. The summed E-state index contributed by atoms with van der Waals surface area (Å²) in [7, 11) is 0. The molecule has 0 atom stereocenters. The topological polar surface area (TPSA) is 61.3 Å². The van der Waals surface area contributed by atoms with Gasteiger partial charge in [-0.15, -0.1) is 0 Å². The van der Waals surface area contributed by atoms with Crippen LogP contribution >= 0.6 is 0 Å². The van der Waals surface area contributed by atoms with E-state index in [1.807, 2.05) is 59.1 Å². The number of nitrogens with zero attached hydrogens (tertiary/aromatic N) is 3. The van der Waals surface area contributed by atoms with Crippen LogP contribution in [0.15, 0.2) is 72.9 Å². The average Bonchev–Trinajstić information content (AvgIpc) is 3.02. The van der Waals surface area contributed by atoms with Crippen molar-refractivity contribution >= 4 is 5.52 Å². The molecule has 1 N–H and O–H groups in total. The molecule has 0 bridgehead atoms. The van der Waals surface area contributed by atoms with Crippen molar-refractivity contribution in [1.29, 1.82) is 5.26 Å². The molecule has 0 saturated carbocycles. The zero-order valence-corrected chi connectivity index (χ0v) is 12.7. The summed E-state index contributed by atoms with van der Waals surface area (Å²) in [6.45, 7) is 0. The van der Waals surface area contributed by atoms with Crippen LogP contribution in [0, 0.1) is 11.3 Å². The molecule has 0 fully saturated rings. The zero-order chi connectivity index (χ0) is 16.5. The van der Waals surface area contributed by atoms with E-state index in [9.17, 15) is 5.11 Å². The van der Waals surface area contributed by atoms with Crippen molar-refractivity contribution in [3.63, 3.8) is 0 Å². The minimum Gasteiger partial charge on any atom is -0.507 e. The van der Waals surface area contributed by atoms with Crippen molar-refractivity contribution in [2.75, 3.05) is 0 Å². The molecule has 0 aliphatic rings. The first-order valence-corrected chi connectivity index (χ1v) is 7.54. The summed E-state index contributed by atoms with van der Waals surface area (Å²) >= 11 is 0. The van der Waals surface area contributed by atoms with E-state index in [1.54, 1.807) is 18.2 Å². The van der Waals surface area contributed by atoms with E-state index in [1.165, 1.54) is 0 Å². The molecule has 24 heavy (non-hydrogen) atoms. The number of aromatic nitrogens is 2. The van der Waals surface area contributed by atoms with Crippen LogP contribution in [0.4, 0.5) is 0 Å². The molecule has 2 aromatic carbocycles. The number of aromatic hydroxyl groups is 1. The fourth-order valence-electron chi connectivity index (χ4n) is 2.84. The maximum absolute atomic E-state index is 10.2. The van der Waals surface area contributed by atoms with E-state index < -0.39 is 0 Å². The average molecular weight is 311 g/mol. The first kappa shape index (κ1) is 14.0. The largest absolute Gasteiger partial charge is 0.507 e. The Morgan fingerprint density at radius 2 is 1.79 bits per heavy atom. The fourth-order valence-corrected chi connectivity index (χ4v) is 2.84. The van der Waals surface area contributed by atoms with Crippen LogP contribution in [0.25, 0.3) is 28.2 Å². The van der Waals surface area contributed by atoms with Gasteiger partial charge in [0.1, 0.15) is 17.3 Å². The van der Waals surface area contributed by atoms with Gasteiger partial charge in [0.15, 0.2) is 0 Å². The lowest BCUT2D eigenvalue weighted by molar-refractivity contribution is 0.477. The van der Waals surface area contributed by atoms with Crippen molar-refractivity contribution in [2.24, 2.45) is 0 Å². The summed E-state index contributed by atoms with van der Waals surface area (Å²) in [5.74, 6) is 0.930. The molecule has 0 saturated heterocycles. The SMILES string of the molecule is N#Cc1cccc(-c2nc(-c3ccccc3O)c3ccccn23)c1. The highest BCUT2D eigenvalue weighted by molar-refractivity contribution is 5.84. The summed E-state index contributed by atoms with van der Waals surface area (Å²) in [4.78, 5) is 4.76. The number of benzene rings is 2. The number of hydrogen-bond donors (Lipinski definition) is 1. The van der Waals surface area contributed by atoms with E-state index >= 15 is 0 Å². The van der Waals surface area contributed by atoms with Gasteiger partial charge in [0, 0.05) is 17.3 Å². The van der Waals surface area contributed by atoms with E-state index in [4.69, 9.17) is 10.2 Å². The summed E-state index contributed by atoms with van der Waals surface area (Å²) in [6, 6.07) is 22.5. The highest BCUT2D eigenvalue weighted by Gasteiger charge is 2.16. The van der Waals surface area contributed by atoms with Gasteiger partial charge in [0.05, 0.1) is 17.1 Å². The summed E-state index contributed by atoms with van der Waals surface area (Å²) in [6.07, 6.45) is 1.93. The third-order valence-electron chi connectivity index (χ3n) is 3.96. The number of para-hydroxylation sites is 1. The molecule has 0 unspecified atom stereocenters. The number of nitriles is 1. The summed E-state index contributed by atoms with van der Waals surface area (Å²) in [5, 5.41) is 19.3. The van der Waals surface area contributed by atoms with Crippen molar-refractivity contribution in [3.05, 3.63) is 78.5 Å². The molecule has 0 amide bonds. The van der Waals surface area contributed by atoms with Crippen LogP contribution in [0.1, 0.15) is 5.56 Å². The molecule has 0 radical (unpaired) electrons. The predicted molar refractivity (Wildman–Crippen MR) is 92.4 cm³/mol. The first-order chi connectivity index (χ1) is 11.8. The van der Waals surface area contributed by atoms with Crippen molar-refractivity contribution in [1.82, 2.24) is 9.38 Å². The standard InChI is InChI=1S/C20H13N3O/c21-13-14-6-5-7-15(12-14)20-22-19(16-8-1-2-10-18(16)24)17-9-3-4-11-23(17)20/h1-12,24H.